The Kier molecular flexibility index (Phi) is 10.8. The number of hydrogen-bond acceptors (Lipinski definition) is 2. The first-order chi connectivity index (χ1) is 11.2. The van der Waals surface area contributed by atoms with Crippen molar-refractivity contribution >= 4 is 11.9 Å². The average molecular weight is 575 g/mol. The fraction of sp³-hybridized carbons (Fsp3) is 0.895. The van der Waals surface area contributed by atoms with Crippen molar-refractivity contribution in [3.05, 3.63) is 0 Å². The van der Waals surface area contributed by atoms with Crippen LogP contribution in [0, 0.1) is 11.8 Å². The monoisotopic (exact) mass is 575 g/mol. The van der Waals surface area contributed by atoms with E-state index in [0.29, 0.717) is 11.8 Å². The van der Waals surface area contributed by atoms with Crippen LogP contribution in [-0.4, -0.2) is 17.5 Å². The summed E-state index contributed by atoms with van der Waals surface area (Å²) in [5, 5.41) is 4.45. The molecule has 3 aliphatic rings. The molecule has 146 valence electrons. The zero-order valence-electron chi connectivity index (χ0n) is 15.2. The highest BCUT2D eigenvalue weighted by atomic mass is 127. The number of rotatable bonds is 2. The summed E-state index contributed by atoms with van der Waals surface area (Å²) in [6.07, 6.45) is 17.1. The molecule has 2 aliphatic carbocycles. The molecule has 0 aromatic heterocycles. The highest BCUT2D eigenvalue weighted by Gasteiger charge is 2.60. The summed E-state index contributed by atoms with van der Waals surface area (Å²) in [5.41, 5.74) is -0.494. The van der Waals surface area contributed by atoms with Crippen molar-refractivity contribution in [2.75, 3.05) is 0 Å². The SMILES string of the molecule is O=C1NC(=O)C(C2CCCCCCC2)(C2CCCCCCC2)[NH2+]1.[I-].[I-]. The van der Waals surface area contributed by atoms with E-state index in [2.05, 4.69) is 5.32 Å². The Hall–Kier alpha value is 0.560. The lowest BCUT2D eigenvalue weighted by atomic mass is 9.66. The van der Waals surface area contributed by atoms with Crippen molar-refractivity contribution in [2.24, 2.45) is 11.8 Å². The van der Waals surface area contributed by atoms with E-state index < -0.39 is 5.54 Å². The molecular formula is C19H33I2N2O2-. The molecule has 3 N–H and O–H groups in total. The van der Waals surface area contributed by atoms with Crippen LogP contribution in [0.15, 0.2) is 0 Å². The molecule has 0 aromatic rings. The smallest absolute Gasteiger partial charge is 0.420 e. The molecule has 1 heterocycles. The number of amides is 3. The van der Waals surface area contributed by atoms with Gasteiger partial charge < -0.3 is 48.0 Å². The number of quaternary nitrogens is 1. The number of urea groups is 1. The summed E-state index contributed by atoms with van der Waals surface area (Å²) in [6, 6.07) is -0.140. The van der Waals surface area contributed by atoms with Gasteiger partial charge in [0.05, 0.1) is 0 Å². The largest absolute Gasteiger partial charge is 1.00 e. The van der Waals surface area contributed by atoms with Crippen molar-refractivity contribution in [1.29, 1.82) is 0 Å². The Balaban J connectivity index is 0.00000156. The number of carbonyl (C=O) groups is 2. The first-order valence-electron chi connectivity index (χ1n) is 9.95. The number of hydrogen-bond donors (Lipinski definition) is 2. The molecule has 0 aromatic carbocycles. The third-order valence-corrected chi connectivity index (χ3v) is 6.56. The number of imide groups is 1. The number of primary amides is 1. The lowest BCUT2D eigenvalue weighted by Gasteiger charge is -2.39. The summed E-state index contributed by atoms with van der Waals surface area (Å²) >= 11 is 0. The van der Waals surface area contributed by atoms with Gasteiger partial charge in [0.2, 0.25) is 0 Å². The fourth-order valence-corrected chi connectivity index (χ4v) is 5.35. The zero-order chi connectivity index (χ0) is 16.1. The highest BCUT2D eigenvalue weighted by Crippen LogP contribution is 2.40. The Bertz CT molecular complexity index is 407. The zero-order valence-corrected chi connectivity index (χ0v) is 19.5. The molecule has 0 unspecified atom stereocenters. The molecule has 0 bridgehead atoms. The van der Waals surface area contributed by atoms with Crippen LogP contribution in [0.25, 0.3) is 0 Å². The van der Waals surface area contributed by atoms with Gasteiger partial charge in [-0.15, -0.1) is 0 Å². The second-order valence-electron chi connectivity index (χ2n) is 7.98. The van der Waals surface area contributed by atoms with Gasteiger partial charge in [-0.3, -0.25) is 4.79 Å². The predicted molar refractivity (Wildman–Crippen MR) is 89.8 cm³/mol. The molecule has 0 radical (unpaired) electrons. The third-order valence-electron chi connectivity index (χ3n) is 6.56. The Morgan fingerprint density at radius 2 is 1.04 bits per heavy atom. The maximum Gasteiger partial charge on any atom is 0.420 e. The van der Waals surface area contributed by atoms with E-state index in [0.717, 1.165) is 25.7 Å². The van der Waals surface area contributed by atoms with Crippen LogP contribution >= 0.6 is 0 Å². The van der Waals surface area contributed by atoms with Crippen LogP contribution in [0.3, 0.4) is 0 Å². The molecule has 3 fully saturated rings. The van der Waals surface area contributed by atoms with Gasteiger partial charge in [-0.25, -0.2) is 15.4 Å². The lowest BCUT2D eigenvalue weighted by molar-refractivity contribution is -0.632. The molecule has 3 rings (SSSR count). The highest BCUT2D eigenvalue weighted by molar-refractivity contribution is 6.00. The van der Waals surface area contributed by atoms with Gasteiger partial charge in [0.25, 0.3) is 5.91 Å². The van der Waals surface area contributed by atoms with Gasteiger partial charge in [0.1, 0.15) is 0 Å². The molecule has 3 amide bonds. The first-order valence-corrected chi connectivity index (χ1v) is 9.95. The minimum Gasteiger partial charge on any atom is -1.00 e. The van der Waals surface area contributed by atoms with Crippen LogP contribution in [0.5, 0.6) is 0 Å². The van der Waals surface area contributed by atoms with Crippen LogP contribution < -0.4 is 58.6 Å². The maximum atomic E-state index is 12.9. The summed E-state index contributed by atoms with van der Waals surface area (Å²) in [4.78, 5) is 25.0. The molecule has 0 spiro atoms. The first kappa shape index (κ1) is 23.6. The van der Waals surface area contributed by atoms with Crippen molar-refractivity contribution in [3.8, 4) is 0 Å². The molecule has 1 aliphatic heterocycles. The van der Waals surface area contributed by atoms with E-state index in [9.17, 15) is 9.59 Å². The second kappa shape index (κ2) is 11.4. The Morgan fingerprint density at radius 3 is 1.36 bits per heavy atom. The summed E-state index contributed by atoms with van der Waals surface area (Å²) in [5.74, 6) is 0.774. The molecule has 25 heavy (non-hydrogen) atoms. The van der Waals surface area contributed by atoms with E-state index in [1.54, 1.807) is 0 Å². The minimum absolute atomic E-state index is 0. The van der Waals surface area contributed by atoms with Gasteiger partial charge in [-0.1, -0.05) is 64.2 Å². The van der Waals surface area contributed by atoms with E-state index >= 15 is 0 Å². The van der Waals surface area contributed by atoms with Crippen molar-refractivity contribution in [2.45, 2.75) is 95.4 Å². The summed E-state index contributed by atoms with van der Waals surface area (Å²) < 4.78 is 0. The molecule has 4 nitrogen and oxygen atoms in total. The van der Waals surface area contributed by atoms with Crippen molar-refractivity contribution in [1.82, 2.24) is 5.32 Å². The predicted octanol–water partition coefficient (Wildman–Crippen LogP) is -2.73. The third kappa shape index (κ3) is 5.53. The molecule has 2 saturated carbocycles. The van der Waals surface area contributed by atoms with Gasteiger partial charge >= 0.3 is 6.03 Å². The van der Waals surface area contributed by atoms with E-state index in [-0.39, 0.29) is 59.9 Å². The van der Waals surface area contributed by atoms with E-state index in [4.69, 9.17) is 0 Å². The minimum atomic E-state index is -0.494. The Labute approximate surface area is 186 Å². The topological polar surface area (TPSA) is 62.8 Å². The van der Waals surface area contributed by atoms with Gasteiger partial charge in [0, 0.05) is 11.8 Å². The Morgan fingerprint density at radius 1 is 0.680 bits per heavy atom. The van der Waals surface area contributed by atoms with Gasteiger partial charge in [0.15, 0.2) is 5.54 Å². The summed E-state index contributed by atoms with van der Waals surface area (Å²) in [6.45, 7) is 0. The van der Waals surface area contributed by atoms with Crippen molar-refractivity contribution < 1.29 is 62.9 Å². The normalized spacial score (nSPS) is 26.2. The van der Waals surface area contributed by atoms with E-state index in [1.807, 2.05) is 5.32 Å². The van der Waals surface area contributed by atoms with Crippen molar-refractivity contribution in [3.63, 3.8) is 0 Å². The number of nitrogens with two attached hydrogens (primary N) is 1. The lowest BCUT2D eigenvalue weighted by Crippen LogP contribution is -3.00. The number of nitrogens with one attached hydrogen (secondary N) is 1. The molecular weight excluding hydrogens is 542 g/mol. The average Bonchev–Trinajstić information content (AvgIpc) is 2.73. The second-order valence-corrected chi connectivity index (χ2v) is 7.98. The summed E-state index contributed by atoms with van der Waals surface area (Å²) in [7, 11) is 0. The van der Waals surface area contributed by atoms with Gasteiger partial charge in [-0.05, 0) is 25.7 Å². The maximum absolute atomic E-state index is 12.9. The molecule has 1 saturated heterocycles. The number of halogens is 2. The quantitative estimate of drug-likeness (QED) is 0.278. The fourth-order valence-electron chi connectivity index (χ4n) is 5.35. The molecule has 0 atom stereocenters. The standard InChI is InChI=1S/C19H32N2O2.2HI/c22-17-19(21-18(23)20-17,15-11-7-3-1-4-8-12-15)16-13-9-5-2-6-10-14-16;;/h15-16H,1-14H2,(H2,20,21,22,23);2*1H/p-1. The van der Waals surface area contributed by atoms with Crippen LogP contribution in [0.4, 0.5) is 4.79 Å². The van der Waals surface area contributed by atoms with Crippen LogP contribution in [0.2, 0.25) is 0 Å². The van der Waals surface area contributed by atoms with E-state index in [1.165, 1.54) is 64.2 Å². The molecule has 6 heteroatoms. The number of carbonyl (C=O) groups excluding carboxylic acids is 2. The van der Waals surface area contributed by atoms with Crippen LogP contribution in [0.1, 0.15) is 89.9 Å². The van der Waals surface area contributed by atoms with Gasteiger partial charge in [-0.2, -0.15) is 0 Å². The van der Waals surface area contributed by atoms with Crippen LogP contribution in [-0.2, 0) is 4.79 Å².